The van der Waals surface area contributed by atoms with Gasteiger partial charge in [0.2, 0.25) is 0 Å². The summed E-state index contributed by atoms with van der Waals surface area (Å²) in [5.41, 5.74) is 19.0. The van der Waals surface area contributed by atoms with E-state index in [2.05, 4.69) is 115 Å². The van der Waals surface area contributed by atoms with Gasteiger partial charge in [0.25, 0.3) is 0 Å². The van der Waals surface area contributed by atoms with Crippen LogP contribution in [0.25, 0.3) is 11.1 Å². The third kappa shape index (κ3) is 5.62. The second-order valence-corrected chi connectivity index (χ2v) is 12.2. The van der Waals surface area contributed by atoms with Crippen molar-refractivity contribution in [3.05, 3.63) is 153 Å². The Bertz CT molecular complexity index is 1570. The third-order valence-electron chi connectivity index (χ3n) is 9.32. The molecule has 0 amide bonds. The molecule has 210 valence electrons. The molecule has 0 nitrogen and oxygen atoms in total. The second kappa shape index (κ2) is 12.1. The van der Waals surface area contributed by atoms with Crippen molar-refractivity contribution in [3.63, 3.8) is 0 Å². The highest BCUT2D eigenvalue weighted by Crippen LogP contribution is 2.55. The van der Waals surface area contributed by atoms with Gasteiger partial charge in [0.05, 0.1) is 0 Å². The first-order valence-electron chi connectivity index (χ1n) is 15.5. The van der Waals surface area contributed by atoms with Gasteiger partial charge in [-0.1, -0.05) is 124 Å². The van der Waals surface area contributed by atoms with Crippen LogP contribution in [0.1, 0.15) is 94.0 Å². The maximum absolute atomic E-state index is 4.77. The van der Waals surface area contributed by atoms with Crippen LogP contribution in [0, 0.1) is 5.92 Å². The molecule has 1 saturated carbocycles. The van der Waals surface area contributed by atoms with Crippen molar-refractivity contribution in [2.45, 2.75) is 79.1 Å². The van der Waals surface area contributed by atoms with Crippen molar-refractivity contribution in [2.75, 3.05) is 0 Å². The van der Waals surface area contributed by atoms with E-state index in [1.54, 1.807) is 0 Å². The fourth-order valence-corrected chi connectivity index (χ4v) is 7.19. The lowest BCUT2D eigenvalue weighted by atomic mass is 9.68. The molecule has 0 heteroatoms. The van der Waals surface area contributed by atoms with Crippen LogP contribution < -0.4 is 0 Å². The van der Waals surface area contributed by atoms with Gasteiger partial charge >= 0.3 is 0 Å². The summed E-state index contributed by atoms with van der Waals surface area (Å²) < 4.78 is 0. The third-order valence-corrected chi connectivity index (χ3v) is 9.32. The van der Waals surface area contributed by atoms with E-state index < -0.39 is 0 Å². The lowest BCUT2D eigenvalue weighted by molar-refractivity contribution is 0.618. The first-order chi connectivity index (χ1) is 19.7. The average Bonchev–Trinajstić information content (AvgIpc) is 3.56. The molecular weight excluding hydrogens is 492 g/mol. The molecule has 3 aliphatic rings. The summed E-state index contributed by atoms with van der Waals surface area (Å²) in [6, 6.07) is 16.0. The zero-order chi connectivity index (χ0) is 29.3. The van der Waals surface area contributed by atoms with Crippen molar-refractivity contribution in [3.8, 4) is 0 Å². The average molecular weight is 539 g/mol. The van der Waals surface area contributed by atoms with Gasteiger partial charge in [-0.05, 0) is 113 Å². The molecule has 0 spiro atoms. The summed E-state index contributed by atoms with van der Waals surface area (Å²) in [4.78, 5) is 0. The normalized spacial score (nSPS) is 21.1. The van der Waals surface area contributed by atoms with Gasteiger partial charge in [0, 0.05) is 11.8 Å². The Morgan fingerprint density at radius 2 is 1.71 bits per heavy atom. The quantitative estimate of drug-likeness (QED) is 0.298. The number of benzene rings is 2. The fraction of sp³-hybridized carbons (Fsp3) is 0.317. The smallest absolute Gasteiger partial charge is 0.0201 e. The van der Waals surface area contributed by atoms with Gasteiger partial charge in [-0.2, -0.15) is 0 Å². The van der Waals surface area contributed by atoms with Crippen molar-refractivity contribution >= 4 is 11.1 Å². The molecule has 0 N–H and O–H groups in total. The van der Waals surface area contributed by atoms with E-state index in [1.807, 2.05) is 0 Å². The molecule has 0 aliphatic heterocycles. The van der Waals surface area contributed by atoms with Crippen LogP contribution in [0.5, 0.6) is 0 Å². The van der Waals surface area contributed by atoms with Gasteiger partial charge in [0.1, 0.15) is 0 Å². The van der Waals surface area contributed by atoms with E-state index in [-0.39, 0.29) is 5.92 Å². The van der Waals surface area contributed by atoms with E-state index in [1.165, 1.54) is 72.4 Å². The van der Waals surface area contributed by atoms with Crippen LogP contribution in [-0.2, 0) is 12.8 Å². The van der Waals surface area contributed by atoms with Gasteiger partial charge in [-0.3, -0.25) is 0 Å². The minimum absolute atomic E-state index is 0.278. The summed E-state index contributed by atoms with van der Waals surface area (Å²) in [7, 11) is 0. The molecule has 2 atom stereocenters. The molecule has 0 radical (unpaired) electrons. The fourth-order valence-electron chi connectivity index (χ4n) is 7.19. The van der Waals surface area contributed by atoms with Crippen LogP contribution in [-0.4, -0.2) is 0 Å². The van der Waals surface area contributed by atoms with Crippen molar-refractivity contribution < 1.29 is 0 Å². The molecule has 0 bridgehead atoms. The highest BCUT2D eigenvalue weighted by atomic mass is 14.4. The van der Waals surface area contributed by atoms with Crippen LogP contribution >= 0.6 is 0 Å². The standard InChI is InChI=1S/C41H46/c1-9-13-27(6)39-28(7)20-38-25-37(22-30-16-17-35(21-30)34-15-12-14-33(24-34)26(4)5)29(8)40(38)41(39)36-19-18-31(10-2)32(11-3)23-36/h12,14-20,22-24,40-41H,4,6,8-11,13,21,25H2,1-3,5,7H3/b37-22+. The molecular formula is C41H46. The number of hydrogen-bond acceptors (Lipinski definition) is 0. The van der Waals surface area contributed by atoms with Gasteiger partial charge < -0.3 is 0 Å². The Hall–Kier alpha value is -3.64. The molecule has 2 aromatic rings. The second-order valence-electron chi connectivity index (χ2n) is 12.2. The molecule has 2 unspecified atom stereocenters. The van der Waals surface area contributed by atoms with E-state index in [9.17, 15) is 0 Å². The van der Waals surface area contributed by atoms with Gasteiger partial charge in [-0.15, -0.1) is 0 Å². The highest BCUT2D eigenvalue weighted by molar-refractivity contribution is 5.76. The lowest BCUT2D eigenvalue weighted by Gasteiger charge is -2.35. The maximum atomic E-state index is 4.77. The lowest BCUT2D eigenvalue weighted by Crippen LogP contribution is -2.21. The largest absolute Gasteiger partial charge is 0.0955 e. The van der Waals surface area contributed by atoms with Crippen molar-refractivity contribution in [1.82, 2.24) is 0 Å². The predicted octanol–water partition coefficient (Wildman–Crippen LogP) is 11.5. The molecule has 5 rings (SSSR count). The molecule has 1 fully saturated rings. The topological polar surface area (TPSA) is 0 Å². The predicted molar refractivity (Wildman–Crippen MR) is 180 cm³/mol. The minimum atomic E-state index is 0.278. The first kappa shape index (κ1) is 28.9. The maximum Gasteiger partial charge on any atom is 0.0201 e. The van der Waals surface area contributed by atoms with E-state index in [0.29, 0.717) is 5.92 Å². The van der Waals surface area contributed by atoms with Crippen LogP contribution in [0.15, 0.2) is 126 Å². The highest BCUT2D eigenvalue weighted by Gasteiger charge is 2.41. The van der Waals surface area contributed by atoms with Crippen LogP contribution in [0.4, 0.5) is 0 Å². The van der Waals surface area contributed by atoms with E-state index >= 15 is 0 Å². The zero-order valence-corrected chi connectivity index (χ0v) is 25.9. The number of fused-ring (bicyclic) bond motifs is 1. The van der Waals surface area contributed by atoms with E-state index in [4.69, 9.17) is 6.58 Å². The Labute approximate surface area is 249 Å². The minimum Gasteiger partial charge on any atom is -0.0955 e. The molecule has 3 aliphatic carbocycles. The molecule has 0 saturated heterocycles. The van der Waals surface area contributed by atoms with Crippen LogP contribution in [0.3, 0.4) is 0 Å². The number of aryl methyl sites for hydroxylation is 2. The number of allylic oxidation sites excluding steroid dienone is 13. The van der Waals surface area contributed by atoms with Gasteiger partial charge in [-0.25, -0.2) is 0 Å². The number of hydrogen-bond donors (Lipinski definition) is 0. The van der Waals surface area contributed by atoms with Crippen LogP contribution in [0.2, 0.25) is 0 Å². The zero-order valence-electron chi connectivity index (χ0n) is 25.9. The Morgan fingerprint density at radius 3 is 2.41 bits per heavy atom. The number of rotatable bonds is 9. The summed E-state index contributed by atoms with van der Waals surface area (Å²) in [6.45, 7) is 24.7. The molecule has 41 heavy (non-hydrogen) atoms. The van der Waals surface area contributed by atoms with Gasteiger partial charge in [0.15, 0.2) is 0 Å². The summed E-state index contributed by atoms with van der Waals surface area (Å²) in [6.07, 6.45) is 15.7. The Balaban J connectivity index is 1.47. The van der Waals surface area contributed by atoms with Crippen molar-refractivity contribution in [2.24, 2.45) is 5.92 Å². The summed E-state index contributed by atoms with van der Waals surface area (Å²) >= 11 is 0. The van der Waals surface area contributed by atoms with E-state index in [0.717, 1.165) is 44.1 Å². The first-order valence-corrected chi connectivity index (χ1v) is 15.5. The Morgan fingerprint density at radius 1 is 0.927 bits per heavy atom. The molecule has 2 aromatic carbocycles. The Kier molecular flexibility index (Phi) is 8.50. The SMILES string of the molecule is C=C(CCC)C1=C(C)C=C2C/C(=C\C3=CC=C(c4cccc(C(=C)C)c4)C3)C(=C)C2C1c1ccc(CC)c(CC)c1. The monoisotopic (exact) mass is 538 g/mol. The molecule has 0 aromatic heterocycles. The molecule has 0 heterocycles. The summed E-state index contributed by atoms with van der Waals surface area (Å²) in [5, 5.41) is 0. The van der Waals surface area contributed by atoms with Crippen molar-refractivity contribution in [1.29, 1.82) is 0 Å². The summed E-state index contributed by atoms with van der Waals surface area (Å²) in [5.74, 6) is 0.576.